The van der Waals surface area contributed by atoms with E-state index in [4.69, 9.17) is 23.2 Å². The van der Waals surface area contributed by atoms with Crippen LogP contribution in [-0.2, 0) is 4.46 Å². The number of Topliss-reactive ketones (excluding diaryl/α,β-unsaturated/α-hetero) is 1. The van der Waals surface area contributed by atoms with Gasteiger partial charge in [0.05, 0.1) is 6.33 Å². The number of nitrogens with zero attached hydrogens (tertiary/aromatic N) is 2. The van der Waals surface area contributed by atoms with Crippen molar-refractivity contribution in [3.8, 4) is 0 Å². The number of alkyl halides is 2. The van der Waals surface area contributed by atoms with Crippen molar-refractivity contribution in [3.05, 3.63) is 54.6 Å². The average molecular weight is 255 g/mol. The topological polar surface area (TPSA) is 34.9 Å². The predicted molar refractivity (Wildman–Crippen MR) is 62.7 cm³/mol. The van der Waals surface area contributed by atoms with E-state index in [1.807, 2.05) is 6.07 Å². The van der Waals surface area contributed by atoms with Gasteiger partial charge in [0.15, 0.2) is 0 Å². The van der Waals surface area contributed by atoms with Gasteiger partial charge < -0.3 is 0 Å². The maximum atomic E-state index is 12.1. The van der Waals surface area contributed by atoms with E-state index in [-0.39, 0.29) is 5.78 Å². The highest BCUT2D eigenvalue weighted by molar-refractivity contribution is 6.57. The summed E-state index contributed by atoms with van der Waals surface area (Å²) in [6.07, 6.45) is 4.46. The highest BCUT2D eigenvalue weighted by Gasteiger charge is 2.35. The Morgan fingerprint density at radius 2 is 1.94 bits per heavy atom. The molecule has 0 saturated heterocycles. The van der Waals surface area contributed by atoms with E-state index >= 15 is 0 Å². The molecule has 82 valence electrons. The molecule has 1 aromatic carbocycles. The van der Waals surface area contributed by atoms with Gasteiger partial charge in [-0.3, -0.25) is 9.36 Å². The van der Waals surface area contributed by atoms with Crippen molar-refractivity contribution in [1.29, 1.82) is 0 Å². The number of benzene rings is 1. The minimum absolute atomic E-state index is 0.380. The summed E-state index contributed by atoms with van der Waals surface area (Å²) in [6.45, 7) is 0. The van der Waals surface area contributed by atoms with Gasteiger partial charge in [-0.2, -0.15) is 0 Å². The van der Waals surface area contributed by atoms with Crippen LogP contribution in [0.2, 0.25) is 0 Å². The number of halogens is 2. The lowest BCUT2D eigenvalue weighted by atomic mass is 10.1. The Bertz CT molecular complexity index is 480. The van der Waals surface area contributed by atoms with Crippen molar-refractivity contribution in [2.45, 2.75) is 4.46 Å². The van der Waals surface area contributed by atoms with Gasteiger partial charge >= 0.3 is 0 Å². The number of carbonyl (C=O) groups excluding carboxylic acids is 1. The third-order valence-electron chi connectivity index (χ3n) is 2.14. The number of aromatic nitrogens is 2. The lowest BCUT2D eigenvalue weighted by Gasteiger charge is -2.19. The van der Waals surface area contributed by atoms with Crippen LogP contribution in [0, 0.1) is 0 Å². The average Bonchev–Trinajstić information content (AvgIpc) is 2.83. The Morgan fingerprint density at radius 1 is 1.25 bits per heavy atom. The molecule has 0 bridgehead atoms. The summed E-state index contributed by atoms with van der Waals surface area (Å²) in [5.41, 5.74) is 0.459. The first-order chi connectivity index (χ1) is 7.62. The molecule has 16 heavy (non-hydrogen) atoms. The molecule has 0 radical (unpaired) electrons. The van der Waals surface area contributed by atoms with Crippen molar-refractivity contribution < 1.29 is 4.79 Å². The van der Waals surface area contributed by atoms with E-state index in [9.17, 15) is 4.79 Å². The van der Waals surface area contributed by atoms with Crippen LogP contribution in [0.25, 0.3) is 0 Å². The van der Waals surface area contributed by atoms with Crippen molar-refractivity contribution in [1.82, 2.24) is 9.55 Å². The lowest BCUT2D eigenvalue weighted by molar-refractivity contribution is 0.0943. The van der Waals surface area contributed by atoms with E-state index in [1.165, 1.54) is 17.1 Å². The number of hydrogen-bond donors (Lipinski definition) is 0. The molecule has 1 aromatic heterocycles. The molecule has 0 aliphatic rings. The Balaban J connectivity index is 2.36. The fourth-order valence-corrected chi connectivity index (χ4v) is 1.72. The normalized spacial score (nSPS) is 11.4. The zero-order valence-corrected chi connectivity index (χ0v) is 9.69. The summed E-state index contributed by atoms with van der Waals surface area (Å²) in [4.78, 5) is 15.9. The summed E-state index contributed by atoms with van der Waals surface area (Å²) in [5, 5.41) is 0. The largest absolute Gasteiger partial charge is 0.298 e. The first-order valence-corrected chi connectivity index (χ1v) is 5.34. The molecule has 0 aliphatic carbocycles. The van der Waals surface area contributed by atoms with Crippen LogP contribution in [-0.4, -0.2) is 15.3 Å². The molecule has 5 heteroatoms. The van der Waals surface area contributed by atoms with Gasteiger partial charge in [-0.05, 0) is 0 Å². The van der Waals surface area contributed by atoms with Crippen LogP contribution < -0.4 is 0 Å². The number of hydrogen-bond acceptors (Lipinski definition) is 2. The number of ketones is 1. The van der Waals surface area contributed by atoms with Gasteiger partial charge in [-0.15, -0.1) is 0 Å². The van der Waals surface area contributed by atoms with Crippen LogP contribution >= 0.6 is 23.2 Å². The van der Waals surface area contributed by atoms with Crippen molar-refractivity contribution in [2.75, 3.05) is 0 Å². The summed E-state index contributed by atoms with van der Waals surface area (Å²) in [6, 6.07) is 8.66. The molecule has 0 atom stereocenters. The smallest absolute Gasteiger partial charge is 0.259 e. The number of carbonyl (C=O) groups is 1. The third kappa shape index (κ3) is 1.96. The van der Waals surface area contributed by atoms with Gasteiger partial charge in [0, 0.05) is 18.0 Å². The molecule has 1 heterocycles. The Labute approximate surface area is 103 Å². The fourth-order valence-electron chi connectivity index (χ4n) is 1.31. The van der Waals surface area contributed by atoms with Crippen molar-refractivity contribution in [3.63, 3.8) is 0 Å². The van der Waals surface area contributed by atoms with Gasteiger partial charge in [0.1, 0.15) is 0 Å². The second-order valence-electron chi connectivity index (χ2n) is 3.21. The van der Waals surface area contributed by atoms with Crippen molar-refractivity contribution >= 4 is 29.0 Å². The minimum Gasteiger partial charge on any atom is -0.298 e. The number of imidazole rings is 1. The summed E-state index contributed by atoms with van der Waals surface area (Å²) in [7, 11) is 0. The lowest BCUT2D eigenvalue weighted by Crippen LogP contribution is -2.29. The van der Waals surface area contributed by atoms with Gasteiger partial charge in [-0.1, -0.05) is 53.5 Å². The second kappa shape index (κ2) is 4.28. The zero-order chi connectivity index (χ0) is 11.6. The molecule has 0 N–H and O–H groups in total. The highest BCUT2D eigenvalue weighted by atomic mass is 35.5. The Kier molecular flexibility index (Phi) is 2.99. The van der Waals surface area contributed by atoms with Crippen LogP contribution in [0.5, 0.6) is 0 Å². The maximum Gasteiger partial charge on any atom is 0.259 e. The van der Waals surface area contributed by atoms with E-state index in [2.05, 4.69) is 4.98 Å². The molecular formula is C11H8Cl2N2O. The molecule has 0 aliphatic heterocycles. The molecule has 0 amide bonds. The molecule has 2 rings (SSSR count). The van der Waals surface area contributed by atoms with E-state index in [0.717, 1.165) is 0 Å². The first-order valence-electron chi connectivity index (χ1n) is 4.58. The Hall–Kier alpha value is -1.32. The highest BCUT2D eigenvalue weighted by Crippen LogP contribution is 2.31. The number of rotatable bonds is 3. The molecule has 2 aromatic rings. The maximum absolute atomic E-state index is 12.1. The summed E-state index contributed by atoms with van der Waals surface area (Å²) in [5.74, 6) is -0.380. The summed E-state index contributed by atoms with van der Waals surface area (Å²) >= 11 is 12.1. The standard InChI is InChI=1S/C11H8Cl2N2O/c12-11(13,15-7-6-14-8-15)10(16)9-4-2-1-3-5-9/h1-8H. The molecular weight excluding hydrogens is 247 g/mol. The van der Waals surface area contributed by atoms with Gasteiger partial charge in [-0.25, -0.2) is 4.98 Å². The molecule has 0 unspecified atom stereocenters. The minimum atomic E-state index is -1.65. The first kappa shape index (κ1) is 11.2. The van der Waals surface area contributed by atoms with Crippen LogP contribution in [0.1, 0.15) is 10.4 Å². The second-order valence-corrected chi connectivity index (χ2v) is 4.49. The zero-order valence-electron chi connectivity index (χ0n) is 8.18. The fraction of sp³-hybridized carbons (Fsp3) is 0.0909. The van der Waals surface area contributed by atoms with E-state index in [0.29, 0.717) is 5.56 Å². The van der Waals surface area contributed by atoms with E-state index in [1.54, 1.807) is 30.5 Å². The van der Waals surface area contributed by atoms with Crippen LogP contribution in [0.15, 0.2) is 49.1 Å². The molecule has 0 saturated carbocycles. The molecule has 3 nitrogen and oxygen atoms in total. The molecule has 0 fully saturated rings. The quantitative estimate of drug-likeness (QED) is 0.624. The van der Waals surface area contributed by atoms with Crippen LogP contribution in [0.3, 0.4) is 0 Å². The van der Waals surface area contributed by atoms with Crippen molar-refractivity contribution in [2.24, 2.45) is 0 Å². The predicted octanol–water partition coefficient (Wildman–Crippen LogP) is 2.85. The van der Waals surface area contributed by atoms with E-state index < -0.39 is 4.46 Å². The van der Waals surface area contributed by atoms with Gasteiger partial charge in [0.25, 0.3) is 4.46 Å². The summed E-state index contributed by atoms with van der Waals surface area (Å²) < 4.78 is -0.302. The molecule has 0 spiro atoms. The Morgan fingerprint density at radius 3 is 2.50 bits per heavy atom. The monoisotopic (exact) mass is 254 g/mol. The SMILES string of the molecule is O=C(c1ccccc1)C(Cl)(Cl)n1ccnc1. The van der Waals surface area contributed by atoms with Gasteiger partial charge in [0.2, 0.25) is 5.78 Å². The van der Waals surface area contributed by atoms with Crippen LogP contribution in [0.4, 0.5) is 0 Å². The third-order valence-corrected chi connectivity index (χ3v) is 2.87.